The molecule has 2 atom stereocenters. The van der Waals surface area contributed by atoms with Crippen LogP contribution in [0.4, 0.5) is 31.0 Å². The fraction of sp³-hybridized carbons (Fsp3) is 0.371. The van der Waals surface area contributed by atoms with E-state index in [2.05, 4.69) is 25.7 Å². The Balaban J connectivity index is 1.16. The molecule has 2 aliphatic heterocycles. The lowest BCUT2D eigenvalue weighted by Gasteiger charge is -2.34. The summed E-state index contributed by atoms with van der Waals surface area (Å²) < 4.78 is 72.2. The molecule has 280 valence electrons. The number of carbonyl (C=O) groups excluding carboxylic acids is 1. The van der Waals surface area contributed by atoms with Gasteiger partial charge in [0, 0.05) is 51.1 Å². The van der Waals surface area contributed by atoms with Crippen LogP contribution in [-0.2, 0) is 34.1 Å². The molecule has 0 saturated carbocycles. The summed E-state index contributed by atoms with van der Waals surface area (Å²) in [6, 6.07) is 16.9. The normalized spacial score (nSPS) is 19.2. The number of alkyl halides is 3. The molecule has 2 unspecified atom stereocenters. The van der Waals surface area contributed by atoms with Crippen LogP contribution in [0.25, 0.3) is 0 Å². The third kappa shape index (κ3) is 7.68. The highest BCUT2D eigenvalue weighted by Crippen LogP contribution is 2.40. The Morgan fingerprint density at radius 3 is 2.30 bits per heavy atom. The number of halogens is 5. The lowest BCUT2D eigenvalue weighted by atomic mass is 9.94. The molecule has 7 rings (SSSR count). The maximum atomic E-state index is 13.7. The Morgan fingerprint density at radius 1 is 0.943 bits per heavy atom. The van der Waals surface area contributed by atoms with Crippen LogP contribution in [0.1, 0.15) is 30.0 Å². The first-order valence-electron chi connectivity index (χ1n) is 16.9. The average molecular weight is 792 g/mol. The van der Waals surface area contributed by atoms with E-state index in [1.165, 1.54) is 16.4 Å². The molecule has 18 heteroatoms. The number of likely N-dealkylation sites (N-methyl/N-ethyl adjacent to an activating group) is 1. The van der Waals surface area contributed by atoms with E-state index < -0.39 is 44.7 Å². The second-order valence-corrected chi connectivity index (χ2v) is 15.8. The van der Waals surface area contributed by atoms with Gasteiger partial charge in [-0.25, -0.2) is 8.42 Å². The summed E-state index contributed by atoms with van der Waals surface area (Å²) in [5.74, 6) is -0.365. The second-order valence-electron chi connectivity index (χ2n) is 13.2. The summed E-state index contributed by atoms with van der Waals surface area (Å²) in [6.45, 7) is 2.83. The molecule has 2 fully saturated rings. The van der Waals surface area contributed by atoms with Crippen LogP contribution in [0, 0.1) is 0 Å². The minimum absolute atomic E-state index is 0.0139. The summed E-state index contributed by atoms with van der Waals surface area (Å²) in [6.07, 6.45) is -3.32. The van der Waals surface area contributed by atoms with E-state index in [9.17, 15) is 26.4 Å². The number of carbonyl (C=O) groups is 1. The minimum atomic E-state index is -5.07. The molecule has 3 heterocycles. The van der Waals surface area contributed by atoms with E-state index in [0.717, 1.165) is 28.8 Å². The number of ether oxygens (including phenoxy) is 1. The number of benzene rings is 3. The van der Waals surface area contributed by atoms with E-state index >= 15 is 0 Å². The van der Waals surface area contributed by atoms with Crippen molar-refractivity contribution in [2.45, 2.75) is 61.5 Å². The van der Waals surface area contributed by atoms with Gasteiger partial charge in [-0.1, -0.05) is 65.7 Å². The number of amides is 1. The van der Waals surface area contributed by atoms with Crippen molar-refractivity contribution < 1.29 is 31.1 Å². The first kappa shape index (κ1) is 37.0. The fourth-order valence-corrected chi connectivity index (χ4v) is 9.38. The number of nitrogens with one attached hydrogen (secondary N) is 3. The maximum absolute atomic E-state index is 13.7. The van der Waals surface area contributed by atoms with Crippen LogP contribution >= 0.6 is 23.2 Å². The molecule has 1 amide bonds. The molecule has 2 bridgehead atoms. The lowest BCUT2D eigenvalue weighted by Crippen LogP contribution is -2.54. The van der Waals surface area contributed by atoms with Gasteiger partial charge in [0.15, 0.2) is 0 Å². The third-order valence-corrected chi connectivity index (χ3v) is 12.3. The summed E-state index contributed by atoms with van der Waals surface area (Å²) in [7, 11) is -4.36. The zero-order chi connectivity index (χ0) is 37.5. The Labute approximate surface area is 314 Å². The van der Waals surface area contributed by atoms with Gasteiger partial charge in [-0.15, -0.1) is 13.2 Å². The second kappa shape index (κ2) is 14.5. The predicted octanol–water partition coefficient (Wildman–Crippen LogP) is 5.47. The molecular formula is C35H35Cl2F3N8O4S. The van der Waals surface area contributed by atoms with E-state index in [1.807, 2.05) is 42.2 Å². The van der Waals surface area contributed by atoms with Crippen molar-refractivity contribution >= 4 is 57.0 Å². The van der Waals surface area contributed by atoms with Crippen molar-refractivity contribution in [3.63, 3.8) is 0 Å². The number of anilines is 3. The highest BCUT2D eigenvalue weighted by Gasteiger charge is 2.51. The molecular weight excluding hydrogens is 756 g/mol. The Morgan fingerprint density at radius 2 is 1.64 bits per heavy atom. The van der Waals surface area contributed by atoms with Crippen molar-refractivity contribution in [3.05, 3.63) is 93.5 Å². The van der Waals surface area contributed by atoms with Gasteiger partial charge >= 0.3 is 6.36 Å². The van der Waals surface area contributed by atoms with Crippen LogP contribution in [0.5, 0.6) is 5.75 Å². The zero-order valence-corrected chi connectivity index (χ0v) is 30.7. The van der Waals surface area contributed by atoms with Gasteiger partial charge < -0.3 is 25.6 Å². The highest BCUT2D eigenvalue weighted by molar-refractivity contribution is 7.89. The summed E-state index contributed by atoms with van der Waals surface area (Å²) in [5.41, 5.74) is 1.90. The number of hydrogen-bond acceptors (Lipinski definition) is 10. The SMILES string of the molecule is CCNC(=O)C1(Nc2nc(NCCc3ccc(Cl)c(Cl)c3)nc(N3CC4CC3CN4S(=O)(=O)c3ccccc3OC(F)(F)F)n2)Cc2ccccc2C1. The van der Waals surface area contributed by atoms with Crippen molar-refractivity contribution in [2.24, 2.45) is 0 Å². The largest absolute Gasteiger partial charge is 0.573 e. The summed E-state index contributed by atoms with van der Waals surface area (Å²) in [4.78, 5) is 29.1. The number of piperazine rings is 1. The van der Waals surface area contributed by atoms with E-state index in [1.54, 1.807) is 12.1 Å². The number of para-hydroxylation sites is 1. The van der Waals surface area contributed by atoms with E-state index in [0.29, 0.717) is 48.8 Å². The number of hydrogen-bond donors (Lipinski definition) is 3. The van der Waals surface area contributed by atoms with Crippen LogP contribution < -0.4 is 25.6 Å². The third-order valence-electron chi connectivity index (χ3n) is 9.64. The molecule has 3 N–H and O–H groups in total. The van der Waals surface area contributed by atoms with Crippen LogP contribution in [0.3, 0.4) is 0 Å². The van der Waals surface area contributed by atoms with Crippen LogP contribution in [0.2, 0.25) is 10.0 Å². The standard InChI is InChI=1S/C35H35Cl2F3N8O4S/c1-2-41-30(49)34(17-22-7-3-4-8-23(22)18-34)46-32-43-31(42-14-13-21-11-12-26(36)27(37)15-21)44-33(45-32)47-19-25-16-24(47)20-48(25)53(50,51)29-10-6-5-9-28(29)52-35(38,39)40/h3-12,15,24-25H,2,13-14,16-20H2,1H3,(H,41,49)(H2,42,43,44,45,46). The number of rotatable bonds is 12. The first-order chi connectivity index (χ1) is 25.2. The van der Waals surface area contributed by atoms with Gasteiger partial charge in [0.1, 0.15) is 16.2 Å². The van der Waals surface area contributed by atoms with E-state index in [-0.39, 0.29) is 36.8 Å². The quantitative estimate of drug-likeness (QED) is 0.169. The van der Waals surface area contributed by atoms with Gasteiger partial charge in [0.05, 0.1) is 10.0 Å². The Kier molecular flexibility index (Phi) is 10.1. The average Bonchev–Trinajstić information content (AvgIpc) is 3.83. The molecule has 0 radical (unpaired) electrons. The fourth-order valence-electron chi connectivity index (χ4n) is 7.27. The zero-order valence-electron chi connectivity index (χ0n) is 28.3. The molecule has 3 aliphatic rings. The van der Waals surface area contributed by atoms with Gasteiger partial charge in [-0.05, 0) is 60.7 Å². The smallest absolute Gasteiger partial charge is 0.404 e. The molecule has 0 spiro atoms. The van der Waals surface area contributed by atoms with Crippen LogP contribution in [0.15, 0.2) is 71.6 Å². The van der Waals surface area contributed by atoms with Crippen LogP contribution in [-0.4, -0.2) is 83.7 Å². The molecule has 3 aromatic carbocycles. The Hall–Kier alpha value is -4.38. The minimum Gasteiger partial charge on any atom is -0.404 e. The van der Waals surface area contributed by atoms with Crippen molar-refractivity contribution in [3.8, 4) is 5.75 Å². The maximum Gasteiger partial charge on any atom is 0.573 e. The van der Waals surface area contributed by atoms with Gasteiger partial charge in [0.2, 0.25) is 33.8 Å². The number of nitrogens with zero attached hydrogens (tertiary/aromatic N) is 5. The number of fused-ring (bicyclic) bond motifs is 3. The number of sulfonamides is 1. The topological polar surface area (TPSA) is 142 Å². The Bertz CT molecular complexity index is 2120. The summed E-state index contributed by atoms with van der Waals surface area (Å²) in [5, 5.41) is 10.4. The molecule has 53 heavy (non-hydrogen) atoms. The van der Waals surface area contributed by atoms with Gasteiger partial charge in [-0.3, -0.25) is 4.79 Å². The molecule has 1 aliphatic carbocycles. The lowest BCUT2D eigenvalue weighted by molar-refractivity contribution is -0.275. The summed E-state index contributed by atoms with van der Waals surface area (Å²) >= 11 is 12.3. The van der Waals surface area contributed by atoms with Crippen molar-refractivity contribution in [1.29, 1.82) is 0 Å². The van der Waals surface area contributed by atoms with E-state index in [4.69, 9.17) is 33.2 Å². The molecule has 12 nitrogen and oxygen atoms in total. The highest BCUT2D eigenvalue weighted by atomic mass is 35.5. The molecule has 2 saturated heterocycles. The molecule has 1 aromatic heterocycles. The first-order valence-corrected chi connectivity index (χ1v) is 19.1. The number of aromatic nitrogens is 3. The van der Waals surface area contributed by atoms with Crippen molar-refractivity contribution in [1.82, 2.24) is 24.6 Å². The monoisotopic (exact) mass is 790 g/mol. The van der Waals surface area contributed by atoms with Crippen molar-refractivity contribution in [2.75, 3.05) is 41.7 Å². The van der Waals surface area contributed by atoms with Gasteiger partial charge in [0.25, 0.3) is 0 Å². The van der Waals surface area contributed by atoms with Gasteiger partial charge in [-0.2, -0.15) is 19.3 Å². The predicted molar refractivity (Wildman–Crippen MR) is 194 cm³/mol. The molecule has 4 aromatic rings.